The van der Waals surface area contributed by atoms with Crippen LogP contribution in [0.25, 0.3) is 0 Å². The van der Waals surface area contributed by atoms with Gasteiger partial charge in [-0.05, 0) is 61.4 Å². The molecule has 0 radical (unpaired) electrons. The maximum atomic E-state index is 12.8. The molecule has 0 saturated carbocycles. The van der Waals surface area contributed by atoms with Crippen LogP contribution < -0.4 is 10.0 Å². The summed E-state index contributed by atoms with van der Waals surface area (Å²) < 4.78 is 40.0. The molecule has 1 aliphatic heterocycles. The van der Waals surface area contributed by atoms with Crippen LogP contribution in [-0.4, -0.2) is 14.5 Å². The second-order valence-electron chi connectivity index (χ2n) is 5.18. The van der Waals surface area contributed by atoms with Crippen molar-refractivity contribution >= 4 is 21.4 Å². The average molecular weight is 306 g/mol. The molecule has 0 fully saturated rings. The predicted molar refractivity (Wildman–Crippen MR) is 80.4 cm³/mol. The number of benzene rings is 2. The number of anilines is 2. The van der Waals surface area contributed by atoms with Crippen molar-refractivity contribution in [3.8, 4) is 0 Å². The highest BCUT2D eigenvalue weighted by atomic mass is 32.2. The van der Waals surface area contributed by atoms with Crippen LogP contribution in [-0.2, 0) is 16.4 Å². The van der Waals surface area contributed by atoms with Crippen molar-refractivity contribution in [3.63, 3.8) is 0 Å². The molecule has 21 heavy (non-hydrogen) atoms. The van der Waals surface area contributed by atoms with Crippen molar-refractivity contribution in [3.05, 3.63) is 53.8 Å². The Labute approximate surface area is 123 Å². The van der Waals surface area contributed by atoms with Crippen LogP contribution in [0.2, 0.25) is 0 Å². The summed E-state index contributed by atoms with van der Waals surface area (Å²) >= 11 is 0. The van der Waals surface area contributed by atoms with Crippen LogP contribution in [0.5, 0.6) is 0 Å². The molecule has 0 bridgehead atoms. The molecule has 0 unspecified atom stereocenters. The van der Waals surface area contributed by atoms with E-state index in [1.807, 2.05) is 6.92 Å². The standard InChI is InChI=1S/C15H15FN2O2S/c1-10-8-11-9-14(6-7-15(11)17-10)21(19,20)18-13-4-2-12(16)3-5-13/h2-7,9-10,17-18H,8H2,1H3/t10-/m1/s1. The van der Waals surface area contributed by atoms with Crippen molar-refractivity contribution in [2.75, 3.05) is 10.0 Å². The van der Waals surface area contributed by atoms with Gasteiger partial charge in [0.25, 0.3) is 10.0 Å². The zero-order valence-corrected chi connectivity index (χ0v) is 12.2. The van der Waals surface area contributed by atoms with E-state index in [4.69, 9.17) is 0 Å². The van der Waals surface area contributed by atoms with Crippen molar-refractivity contribution in [1.29, 1.82) is 0 Å². The van der Waals surface area contributed by atoms with Gasteiger partial charge >= 0.3 is 0 Å². The van der Waals surface area contributed by atoms with Crippen LogP contribution >= 0.6 is 0 Å². The van der Waals surface area contributed by atoms with Crippen LogP contribution in [0, 0.1) is 5.82 Å². The fraction of sp³-hybridized carbons (Fsp3) is 0.200. The van der Waals surface area contributed by atoms with E-state index in [2.05, 4.69) is 10.0 Å². The van der Waals surface area contributed by atoms with Gasteiger partial charge in [0.1, 0.15) is 5.82 Å². The Balaban J connectivity index is 1.89. The summed E-state index contributed by atoms with van der Waals surface area (Å²) in [7, 11) is -3.67. The molecule has 0 aromatic heterocycles. The molecule has 110 valence electrons. The molecule has 0 saturated heterocycles. The van der Waals surface area contributed by atoms with Crippen molar-refractivity contribution in [2.45, 2.75) is 24.3 Å². The second-order valence-corrected chi connectivity index (χ2v) is 6.86. The Morgan fingerprint density at radius 1 is 1.19 bits per heavy atom. The molecule has 6 heteroatoms. The van der Waals surface area contributed by atoms with E-state index < -0.39 is 15.8 Å². The monoisotopic (exact) mass is 306 g/mol. The van der Waals surface area contributed by atoms with Crippen LogP contribution in [0.1, 0.15) is 12.5 Å². The van der Waals surface area contributed by atoms with Crippen LogP contribution in [0.3, 0.4) is 0 Å². The first kappa shape index (κ1) is 13.9. The second kappa shape index (κ2) is 5.04. The lowest BCUT2D eigenvalue weighted by molar-refractivity contribution is 0.601. The van der Waals surface area contributed by atoms with Gasteiger partial charge in [0.2, 0.25) is 0 Å². The van der Waals surface area contributed by atoms with E-state index >= 15 is 0 Å². The maximum absolute atomic E-state index is 12.8. The average Bonchev–Trinajstić information content (AvgIpc) is 2.80. The fourth-order valence-electron chi connectivity index (χ4n) is 2.43. The summed E-state index contributed by atoms with van der Waals surface area (Å²) in [5.74, 6) is -0.407. The summed E-state index contributed by atoms with van der Waals surface area (Å²) in [5, 5.41) is 3.28. The van der Waals surface area contributed by atoms with Gasteiger partial charge in [0, 0.05) is 17.4 Å². The molecule has 0 spiro atoms. The summed E-state index contributed by atoms with van der Waals surface area (Å²) in [6.07, 6.45) is 0.801. The molecule has 0 amide bonds. The van der Waals surface area contributed by atoms with E-state index in [1.165, 1.54) is 24.3 Å². The van der Waals surface area contributed by atoms with E-state index in [9.17, 15) is 12.8 Å². The van der Waals surface area contributed by atoms with Crippen LogP contribution in [0.4, 0.5) is 15.8 Å². The molecular weight excluding hydrogens is 291 g/mol. The highest BCUT2D eigenvalue weighted by Crippen LogP contribution is 2.28. The molecular formula is C15H15FN2O2S. The van der Waals surface area contributed by atoms with Gasteiger partial charge in [-0.2, -0.15) is 0 Å². The number of hydrogen-bond donors (Lipinski definition) is 2. The van der Waals surface area contributed by atoms with E-state index in [1.54, 1.807) is 18.2 Å². The molecule has 1 heterocycles. The topological polar surface area (TPSA) is 58.2 Å². The predicted octanol–water partition coefficient (Wildman–Crippen LogP) is 2.98. The first-order valence-corrected chi connectivity index (χ1v) is 8.10. The van der Waals surface area contributed by atoms with Gasteiger partial charge in [-0.1, -0.05) is 0 Å². The largest absolute Gasteiger partial charge is 0.382 e. The Morgan fingerprint density at radius 3 is 2.62 bits per heavy atom. The van der Waals surface area contributed by atoms with Crippen LogP contribution in [0.15, 0.2) is 47.4 Å². The van der Waals surface area contributed by atoms with Gasteiger partial charge in [0.05, 0.1) is 4.90 Å². The Morgan fingerprint density at radius 2 is 1.90 bits per heavy atom. The van der Waals surface area contributed by atoms with Gasteiger partial charge in [-0.25, -0.2) is 12.8 Å². The molecule has 1 aliphatic rings. The maximum Gasteiger partial charge on any atom is 0.261 e. The number of hydrogen-bond acceptors (Lipinski definition) is 3. The molecule has 4 nitrogen and oxygen atoms in total. The minimum absolute atomic E-state index is 0.210. The fourth-order valence-corrected chi connectivity index (χ4v) is 3.53. The highest BCUT2D eigenvalue weighted by molar-refractivity contribution is 7.92. The molecule has 0 aliphatic carbocycles. The lowest BCUT2D eigenvalue weighted by atomic mass is 10.1. The van der Waals surface area contributed by atoms with Gasteiger partial charge in [-0.3, -0.25) is 4.72 Å². The molecule has 2 N–H and O–H groups in total. The Bertz CT molecular complexity index is 773. The smallest absolute Gasteiger partial charge is 0.261 e. The summed E-state index contributed by atoms with van der Waals surface area (Å²) in [5.41, 5.74) is 2.30. The normalized spacial score (nSPS) is 17.1. The number of sulfonamides is 1. The van der Waals surface area contributed by atoms with E-state index in [-0.39, 0.29) is 4.90 Å². The summed E-state index contributed by atoms with van der Waals surface area (Å²) in [4.78, 5) is 0.210. The number of fused-ring (bicyclic) bond motifs is 1. The lowest BCUT2D eigenvalue weighted by Crippen LogP contribution is -2.13. The van der Waals surface area contributed by atoms with Crippen molar-refractivity contribution in [2.24, 2.45) is 0 Å². The Kier molecular flexibility index (Phi) is 3.33. The third kappa shape index (κ3) is 2.85. The zero-order valence-electron chi connectivity index (χ0n) is 11.4. The lowest BCUT2D eigenvalue weighted by Gasteiger charge is -2.09. The SMILES string of the molecule is C[C@@H]1Cc2cc(S(=O)(=O)Nc3ccc(F)cc3)ccc2N1. The minimum atomic E-state index is -3.67. The zero-order chi connectivity index (χ0) is 15.0. The summed E-state index contributed by atoms with van der Waals surface area (Å²) in [6, 6.07) is 10.5. The Hall–Kier alpha value is -2.08. The summed E-state index contributed by atoms with van der Waals surface area (Å²) in [6.45, 7) is 2.05. The first-order chi connectivity index (χ1) is 9.94. The van der Waals surface area contributed by atoms with E-state index in [0.717, 1.165) is 17.7 Å². The van der Waals surface area contributed by atoms with Crippen molar-refractivity contribution in [1.82, 2.24) is 0 Å². The molecule has 2 aromatic carbocycles. The molecule has 1 atom stereocenters. The first-order valence-electron chi connectivity index (χ1n) is 6.62. The quantitative estimate of drug-likeness (QED) is 0.916. The third-order valence-corrected chi connectivity index (χ3v) is 4.79. The highest BCUT2D eigenvalue weighted by Gasteiger charge is 2.21. The van der Waals surface area contributed by atoms with Crippen molar-refractivity contribution < 1.29 is 12.8 Å². The third-order valence-electron chi connectivity index (χ3n) is 3.41. The molecule has 2 aromatic rings. The number of rotatable bonds is 3. The van der Waals surface area contributed by atoms with E-state index in [0.29, 0.717) is 11.7 Å². The minimum Gasteiger partial charge on any atom is -0.382 e. The van der Waals surface area contributed by atoms with Gasteiger partial charge < -0.3 is 5.32 Å². The number of nitrogens with one attached hydrogen (secondary N) is 2. The molecule has 3 rings (SSSR count). The van der Waals surface area contributed by atoms with Gasteiger partial charge in [-0.15, -0.1) is 0 Å². The number of halogens is 1. The van der Waals surface area contributed by atoms with Gasteiger partial charge in [0.15, 0.2) is 0 Å².